The fourth-order valence-corrected chi connectivity index (χ4v) is 2.13. The molecule has 0 heterocycles. The summed E-state index contributed by atoms with van der Waals surface area (Å²) in [5.41, 5.74) is -3.07. The zero-order valence-electron chi connectivity index (χ0n) is 13.8. The van der Waals surface area contributed by atoms with Crippen LogP contribution in [0, 0.1) is 0 Å². The van der Waals surface area contributed by atoms with Crippen molar-refractivity contribution in [3.63, 3.8) is 0 Å². The van der Waals surface area contributed by atoms with Crippen LogP contribution >= 0.6 is 0 Å². The van der Waals surface area contributed by atoms with Crippen LogP contribution in [-0.4, -0.2) is 13.0 Å². The van der Waals surface area contributed by atoms with E-state index >= 15 is 0 Å². The standard InChI is InChI=1S/C18H13F6NO2/c1-27-15-4-2-3-11(7-15)5-6-16(26)25-14-9-12(17(19,20)21)8-13(10-14)18(22,23)24/h2-10H,1H3,(H,25,26)/b6-5+. The number of halogens is 6. The van der Waals surface area contributed by atoms with Gasteiger partial charge in [0.1, 0.15) is 5.75 Å². The van der Waals surface area contributed by atoms with Gasteiger partial charge in [0.25, 0.3) is 0 Å². The molecule has 2 aromatic rings. The van der Waals surface area contributed by atoms with Crippen molar-refractivity contribution in [1.29, 1.82) is 0 Å². The van der Waals surface area contributed by atoms with Crippen molar-refractivity contribution in [3.05, 3.63) is 65.2 Å². The summed E-state index contributed by atoms with van der Waals surface area (Å²) in [5.74, 6) is -0.365. The Morgan fingerprint density at radius 1 is 0.963 bits per heavy atom. The molecule has 0 aliphatic heterocycles. The van der Waals surface area contributed by atoms with Crippen molar-refractivity contribution < 1.29 is 35.9 Å². The van der Waals surface area contributed by atoms with Crippen LogP contribution in [0.1, 0.15) is 16.7 Å². The number of benzene rings is 2. The molecule has 2 aromatic carbocycles. The number of amides is 1. The van der Waals surface area contributed by atoms with Gasteiger partial charge in [-0.15, -0.1) is 0 Å². The summed E-state index contributed by atoms with van der Waals surface area (Å²) in [6, 6.07) is 7.41. The number of ether oxygens (including phenoxy) is 1. The molecule has 0 aromatic heterocycles. The van der Waals surface area contributed by atoms with Crippen molar-refractivity contribution >= 4 is 17.7 Å². The van der Waals surface area contributed by atoms with Crippen molar-refractivity contribution in [2.45, 2.75) is 12.4 Å². The van der Waals surface area contributed by atoms with Gasteiger partial charge in [0.2, 0.25) is 5.91 Å². The first-order valence-corrected chi connectivity index (χ1v) is 7.41. The summed E-state index contributed by atoms with van der Waals surface area (Å²) in [6.07, 6.45) is -7.65. The van der Waals surface area contributed by atoms with Crippen molar-refractivity contribution in [2.24, 2.45) is 0 Å². The minimum absolute atomic E-state index is 0.0122. The van der Waals surface area contributed by atoms with Crippen LogP contribution < -0.4 is 10.1 Å². The number of hydrogen-bond acceptors (Lipinski definition) is 2. The van der Waals surface area contributed by atoms with E-state index in [4.69, 9.17) is 4.74 Å². The van der Waals surface area contributed by atoms with Crippen LogP contribution in [0.15, 0.2) is 48.5 Å². The maximum absolute atomic E-state index is 12.8. The largest absolute Gasteiger partial charge is 0.497 e. The highest BCUT2D eigenvalue weighted by molar-refractivity contribution is 6.02. The molecule has 0 aliphatic carbocycles. The third kappa shape index (κ3) is 5.77. The second-order valence-corrected chi connectivity index (χ2v) is 5.39. The fourth-order valence-electron chi connectivity index (χ4n) is 2.13. The predicted octanol–water partition coefficient (Wildman–Crippen LogP) is 5.38. The van der Waals surface area contributed by atoms with Crippen LogP contribution in [0.2, 0.25) is 0 Å². The number of methoxy groups -OCH3 is 1. The minimum Gasteiger partial charge on any atom is -0.497 e. The van der Waals surface area contributed by atoms with Crippen LogP contribution in [0.25, 0.3) is 6.08 Å². The van der Waals surface area contributed by atoms with E-state index in [1.807, 2.05) is 5.32 Å². The molecule has 2 rings (SSSR count). The molecular formula is C18H13F6NO2. The molecule has 0 atom stereocenters. The molecular weight excluding hydrogens is 376 g/mol. The van der Waals surface area contributed by atoms with Crippen molar-refractivity contribution in [2.75, 3.05) is 12.4 Å². The van der Waals surface area contributed by atoms with E-state index in [1.54, 1.807) is 24.3 Å². The lowest BCUT2D eigenvalue weighted by atomic mass is 10.1. The number of carbonyl (C=O) groups excluding carboxylic acids is 1. The molecule has 0 spiro atoms. The van der Waals surface area contributed by atoms with Gasteiger partial charge in [0.05, 0.1) is 18.2 Å². The number of anilines is 1. The number of nitrogens with one attached hydrogen (secondary N) is 1. The van der Waals surface area contributed by atoms with Gasteiger partial charge < -0.3 is 10.1 Å². The maximum atomic E-state index is 12.8. The Bertz CT molecular complexity index is 823. The fraction of sp³-hybridized carbons (Fsp3) is 0.167. The van der Waals surface area contributed by atoms with Gasteiger partial charge in [-0.25, -0.2) is 0 Å². The molecule has 3 nitrogen and oxygen atoms in total. The Hall–Kier alpha value is -2.97. The topological polar surface area (TPSA) is 38.3 Å². The van der Waals surface area contributed by atoms with Crippen molar-refractivity contribution in [1.82, 2.24) is 0 Å². The van der Waals surface area contributed by atoms with Crippen LogP contribution in [0.3, 0.4) is 0 Å². The molecule has 0 saturated carbocycles. The summed E-state index contributed by atoms with van der Waals surface area (Å²) >= 11 is 0. The quantitative estimate of drug-likeness (QED) is 0.563. The summed E-state index contributed by atoms with van der Waals surface area (Å²) in [5, 5.41) is 2.01. The zero-order chi connectivity index (χ0) is 20.2. The Balaban J connectivity index is 2.24. The Labute approximate surface area is 150 Å². The highest BCUT2D eigenvalue weighted by Gasteiger charge is 2.37. The van der Waals surface area contributed by atoms with Crippen LogP contribution in [0.4, 0.5) is 32.0 Å². The first-order valence-electron chi connectivity index (χ1n) is 7.41. The van der Waals surface area contributed by atoms with Crippen LogP contribution in [-0.2, 0) is 17.1 Å². The molecule has 0 aliphatic rings. The average Bonchev–Trinajstić information content (AvgIpc) is 2.58. The summed E-state index contributed by atoms with van der Waals surface area (Å²) in [4.78, 5) is 11.9. The molecule has 9 heteroatoms. The van der Waals surface area contributed by atoms with Gasteiger partial charge in [-0.3, -0.25) is 4.79 Å². The highest BCUT2D eigenvalue weighted by Crippen LogP contribution is 2.37. The zero-order valence-corrected chi connectivity index (χ0v) is 13.8. The Morgan fingerprint density at radius 3 is 2.07 bits per heavy atom. The van der Waals surface area contributed by atoms with E-state index in [0.717, 1.165) is 6.08 Å². The van der Waals surface area contributed by atoms with Gasteiger partial charge in [-0.2, -0.15) is 26.3 Å². The van der Waals surface area contributed by atoms with E-state index in [-0.39, 0.29) is 6.07 Å². The summed E-state index contributed by atoms with van der Waals surface area (Å²) in [6.45, 7) is 0. The second-order valence-electron chi connectivity index (χ2n) is 5.39. The molecule has 0 unspecified atom stereocenters. The molecule has 1 amide bonds. The predicted molar refractivity (Wildman–Crippen MR) is 87.1 cm³/mol. The SMILES string of the molecule is COc1cccc(/C=C/C(=O)Nc2cc(C(F)(F)F)cc(C(F)(F)F)c2)c1. The van der Waals surface area contributed by atoms with Gasteiger partial charge >= 0.3 is 12.4 Å². The van der Waals surface area contributed by atoms with Gasteiger partial charge in [-0.05, 0) is 42.0 Å². The van der Waals surface area contributed by atoms with Gasteiger partial charge in [0, 0.05) is 11.8 Å². The number of carbonyl (C=O) groups is 1. The normalized spacial score (nSPS) is 12.3. The minimum atomic E-state index is -4.99. The van der Waals surface area contributed by atoms with Gasteiger partial charge in [-0.1, -0.05) is 12.1 Å². The second kappa shape index (κ2) is 7.73. The summed E-state index contributed by atoms with van der Waals surface area (Å²) in [7, 11) is 1.45. The van der Waals surface area contributed by atoms with E-state index in [2.05, 4.69) is 0 Å². The third-order valence-electron chi connectivity index (χ3n) is 3.38. The smallest absolute Gasteiger partial charge is 0.416 e. The molecule has 0 radical (unpaired) electrons. The first-order chi connectivity index (χ1) is 12.5. The average molecular weight is 389 g/mol. The summed E-state index contributed by atoms with van der Waals surface area (Å²) < 4.78 is 81.9. The number of hydrogen-bond donors (Lipinski definition) is 1. The van der Waals surface area contributed by atoms with E-state index in [9.17, 15) is 31.1 Å². The number of alkyl halides is 6. The lowest BCUT2D eigenvalue weighted by Gasteiger charge is -2.14. The van der Waals surface area contributed by atoms with Crippen LogP contribution in [0.5, 0.6) is 5.75 Å². The molecule has 144 valence electrons. The highest BCUT2D eigenvalue weighted by atomic mass is 19.4. The molecule has 1 N–H and O–H groups in total. The van der Waals surface area contributed by atoms with E-state index in [0.29, 0.717) is 23.4 Å². The lowest BCUT2D eigenvalue weighted by Crippen LogP contribution is -2.14. The monoisotopic (exact) mass is 389 g/mol. The molecule has 0 saturated heterocycles. The van der Waals surface area contributed by atoms with E-state index in [1.165, 1.54) is 13.2 Å². The van der Waals surface area contributed by atoms with E-state index < -0.39 is 35.1 Å². The van der Waals surface area contributed by atoms with Gasteiger partial charge in [0.15, 0.2) is 0 Å². The molecule has 27 heavy (non-hydrogen) atoms. The third-order valence-corrected chi connectivity index (χ3v) is 3.38. The first kappa shape index (κ1) is 20.3. The molecule has 0 fully saturated rings. The Kier molecular flexibility index (Phi) is 5.82. The van der Waals surface area contributed by atoms with Crippen molar-refractivity contribution in [3.8, 4) is 5.75 Å². The maximum Gasteiger partial charge on any atom is 0.416 e. The number of rotatable bonds is 4. The molecule has 0 bridgehead atoms. The lowest BCUT2D eigenvalue weighted by molar-refractivity contribution is -0.143. The Morgan fingerprint density at radius 2 is 1.56 bits per heavy atom.